The number of piperidine rings is 1. The Morgan fingerprint density at radius 1 is 0.968 bits per heavy atom. The van der Waals surface area contributed by atoms with Crippen molar-refractivity contribution in [3.05, 3.63) is 60.8 Å². The van der Waals surface area contributed by atoms with Gasteiger partial charge >= 0.3 is 6.09 Å². The zero-order valence-corrected chi connectivity index (χ0v) is 18.9. The minimum Gasteiger partial charge on any atom is -0.436 e. The van der Waals surface area contributed by atoms with Crippen LogP contribution in [0.2, 0.25) is 0 Å². The van der Waals surface area contributed by atoms with Crippen LogP contribution < -0.4 is 4.90 Å². The van der Waals surface area contributed by atoms with Crippen molar-refractivity contribution in [1.29, 1.82) is 0 Å². The number of carbonyl (C=O) groups excluding carboxylic acids is 1. The lowest BCUT2D eigenvalue weighted by atomic mass is 9.88. The molecule has 6 heteroatoms. The van der Waals surface area contributed by atoms with E-state index in [1.54, 1.807) is 4.90 Å². The zero-order chi connectivity index (χ0) is 21.4. The van der Waals surface area contributed by atoms with Crippen molar-refractivity contribution in [3.63, 3.8) is 0 Å². The second-order valence-electron chi connectivity index (χ2n) is 8.44. The van der Waals surface area contributed by atoms with Crippen LogP contribution in [0.15, 0.2) is 70.6 Å². The van der Waals surface area contributed by atoms with Crippen molar-refractivity contribution in [2.24, 2.45) is 0 Å². The average molecular weight is 436 g/mol. The maximum Gasteiger partial charge on any atom is 0.415 e. The Bertz CT molecular complexity index is 954. The summed E-state index contributed by atoms with van der Waals surface area (Å²) >= 11 is 1.86. The highest BCUT2D eigenvalue weighted by Gasteiger charge is 2.49. The van der Waals surface area contributed by atoms with Crippen molar-refractivity contribution in [1.82, 2.24) is 9.80 Å². The molecule has 0 bridgehead atoms. The molecular formula is C25H29N3O2S. The van der Waals surface area contributed by atoms with Crippen LogP contribution in [-0.2, 0) is 4.74 Å². The molecule has 3 aliphatic rings. The minimum atomic E-state index is -0.481. The van der Waals surface area contributed by atoms with Crippen molar-refractivity contribution >= 4 is 29.2 Å². The molecule has 1 spiro atoms. The number of ether oxygens (including phenoxy) is 1. The Morgan fingerprint density at radius 2 is 1.58 bits per heavy atom. The molecule has 2 aromatic rings. The van der Waals surface area contributed by atoms with E-state index in [4.69, 9.17) is 4.74 Å². The fourth-order valence-electron chi connectivity index (χ4n) is 4.96. The number of hydrogen-bond donors (Lipinski definition) is 0. The second kappa shape index (κ2) is 8.24. The van der Waals surface area contributed by atoms with E-state index in [-0.39, 0.29) is 6.09 Å². The van der Waals surface area contributed by atoms with Gasteiger partial charge in [-0.2, -0.15) is 0 Å². The van der Waals surface area contributed by atoms with Gasteiger partial charge in [0.2, 0.25) is 0 Å². The van der Waals surface area contributed by atoms with Crippen molar-refractivity contribution in [2.75, 3.05) is 37.6 Å². The highest BCUT2D eigenvalue weighted by molar-refractivity contribution is 7.99. The van der Waals surface area contributed by atoms with Crippen LogP contribution in [0, 0.1) is 0 Å². The molecule has 1 amide bonds. The predicted molar refractivity (Wildman–Crippen MR) is 125 cm³/mol. The van der Waals surface area contributed by atoms with E-state index in [0.717, 1.165) is 51.1 Å². The largest absolute Gasteiger partial charge is 0.436 e. The zero-order valence-electron chi connectivity index (χ0n) is 18.0. The molecule has 2 aromatic carbocycles. The van der Waals surface area contributed by atoms with Gasteiger partial charge in [-0.1, -0.05) is 42.6 Å². The summed E-state index contributed by atoms with van der Waals surface area (Å²) in [6.07, 6.45) is 2.52. The third-order valence-corrected chi connectivity index (χ3v) is 7.85. The highest BCUT2D eigenvalue weighted by Crippen LogP contribution is 2.48. The SMILES string of the molecule is C=C1N(CC)C(=O)OC12CCN(CCCN1c3ccccc3Sc3ccccc31)CC2. The molecule has 31 heavy (non-hydrogen) atoms. The maximum absolute atomic E-state index is 12.1. The molecule has 0 aromatic heterocycles. The van der Waals surface area contributed by atoms with Gasteiger partial charge in [-0.25, -0.2) is 4.79 Å². The molecule has 0 atom stereocenters. The Balaban J connectivity index is 1.21. The first-order chi connectivity index (χ1) is 15.1. The molecule has 2 fully saturated rings. The summed E-state index contributed by atoms with van der Waals surface area (Å²) in [5.74, 6) is 0. The van der Waals surface area contributed by atoms with E-state index in [1.807, 2.05) is 18.7 Å². The van der Waals surface area contributed by atoms with Crippen molar-refractivity contribution < 1.29 is 9.53 Å². The summed E-state index contributed by atoms with van der Waals surface area (Å²) in [7, 11) is 0. The summed E-state index contributed by atoms with van der Waals surface area (Å²) in [5, 5.41) is 0. The maximum atomic E-state index is 12.1. The third-order valence-electron chi connectivity index (χ3n) is 6.72. The monoisotopic (exact) mass is 435 g/mol. The van der Waals surface area contributed by atoms with E-state index in [9.17, 15) is 4.79 Å². The topological polar surface area (TPSA) is 36.0 Å². The predicted octanol–water partition coefficient (Wildman–Crippen LogP) is 5.50. The molecule has 3 aliphatic heterocycles. The first kappa shape index (κ1) is 20.5. The lowest BCUT2D eigenvalue weighted by Crippen LogP contribution is -2.46. The van der Waals surface area contributed by atoms with Crippen molar-refractivity contribution in [2.45, 2.75) is 41.6 Å². The molecule has 0 N–H and O–H groups in total. The van der Waals surface area contributed by atoms with Crippen LogP contribution in [0.25, 0.3) is 0 Å². The number of rotatable bonds is 5. The number of fused-ring (bicyclic) bond motifs is 2. The lowest BCUT2D eigenvalue weighted by Gasteiger charge is -2.38. The van der Waals surface area contributed by atoms with Gasteiger partial charge in [-0.15, -0.1) is 0 Å². The molecular weight excluding hydrogens is 406 g/mol. The van der Waals surface area contributed by atoms with Gasteiger partial charge in [0.15, 0.2) is 5.60 Å². The number of anilines is 2. The van der Waals surface area contributed by atoms with Gasteiger partial charge in [0.25, 0.3) is 0 Å². The normalized spacial score (nSPS) is 20.0. The summed E-state index contributed by atoms with van der Waals surface area (Å²) < 4.78 is 5.78. The van der Waals surface area contributed by atoms with Crippen LogP contribution in [0.1, 0.15) is 26.2 Å². The third kappa shape index (κ3) is 3.62. The molecule has 0 saturated carbocycles. The number of amides is 1. The van der Waals surface area contributed by atoms with Gasteiger partial charge in [-0.3, -0.25) is 4.90 Å². The smallest absolute Gasteiger partial charge is 0.415 e. The van der Waals surface area contributed by atoms with Gasteiger partial charge < -0.3 is 14.5 Å². The summed E-state index contributed by atoms with van der Waals surface area (Å²) in [5.41, 5.74) is 2.97. The van der Waals surface area contributed by atoms with E-state index in [1.165, 1.54) is 21.2 Å². The number of carbonyl (C=O) groups is 1. The average Bonchev–Trinajstić information content (AvgIpc) is 3.03. The molecule has 5 rings (SSSR count). The second-order valence-corrected chi connectivity index (χ2v) is 9.52. The lowest BCUT2D eigenvalue weighted by molar-refractivity contribution is 0.0147. The van der Waals surface area contributed by atoms with Gasteiger partial charge in [-0.05, 0) is 44.2 Å². The first-order valence-electron chi connectivity index (χ1n) is 11.2. The van der Waals surface area contributed by atoms with E-state index in [2.05, 4.69) is 64.9 Å². The van der Waals surface area contributed by atoms with Gasteiger partial charge in [0.05, 0.1) is 17.1 Å². The van der Waals surface area contributed by atoms with Crippen molar-refractivity contribution in [3.8, 4) is 0 Å². The summed E-state index contributed by atoms with van der Waals surface area (Å²) in [6.45, 7) is 10.7. The number of para-hydroxylation sites is 2. The minimum absolute atomic E-state index is 0.235. The number of nitrogens with zero attached hydrogens (tertiary/aromatic N) is 3. The molecule has 0 radical (unpaired) electrons. The van der Waals surface area contributed by atoms with E-state index >= 15 is 0 Å². The fourth-order valence-corrected chi connectivity index (χ4v) is 6.06. The van der Waals surface area contributed by atoms with Gasteiger partial charge in [0.1, 0.15) is 0 Å². The van der Waals surface area contributed by atoms with Crippen LogP contribution in [-0.4, -0.2) is 54.2 Å². The fraction of sp³-hybridized carbons (Fsp3) is 0.400. The van der Waals surface area contributed by atoms with Crippen LogP contribution in [0.5, 0.6) is 0 Å². The number of likely N-dealkylation sites (tertiary alicyclic amines) is 1. The Labute approximate surface area is 188 Å². The number of hydrogen-bond acceptors (Lipinski definition) is 5. The standard InChI is InChI=1S/C25H29N3O2S/c1-3-27-19(2)25(30-24(27)29)13-17-26(18-14-25)15-8-16-28-20-9-4-6-11-22(20)31-23-12-7-5-10-21(23)28/h4-7,9-12H,2-3,8,13-18H2,1H3. The Kier molecular flexibility index (Phi) is 5.44. The molecule has 162 valence electrons. The molecule has 0 unspecified atom stereocenters. The summed E-state index contributed by atoms with van der Waals surface area (Å²) in [4.78, 5) is 21.4. The number of likely N-dealkylation sites (N-methyl/N-ethyl adjacent to an activating group) is 1. The van der Waals surface area contributed by atoms with Crippen LogP contribution >= 0.6 is 11.8 Å². The Hall–Kier alpha value is -2.44. The highest BCUT2D eigenvalue weighted by atomic mass is 32.2. The van der Waals surface area contributed by atoms with Crippen LogP contribution in [0.4, 0.5) is 16.2 Å². The molecule has 3 heterocycles. The van der Waals surface area contributed by atoms with Gasteiger partial charge in [0, 0.05) is 48.8 Å². The molecule has 5 nitrogen and oxygen atoms in total. The van der Waals surface area contributed by atoms with E-state index in [0.29, 0.717) is 6.54 Å². The quantitative estimate of drug-likeness (QED) is 0.620. The van der Waals surface area contributed by atoms with E-state index < -0.39 is 5.60 Å². The Morgan fingerprint density at radius 3 is 2.16 bits per heavy atom. The van der Waals surface area contributed by atoms with Crippen LogP contribution in [0.3, 0.4) is 0 Å². The first-order valence-corrected chi connectivity index (χ1v) is 12.0. The number of benzene rings is 2. The summed E-state index contributed by atoms with van der Waals surface area (Å²) in [6, 6.07) is 17.4. The molecule has 0 aliphatic carbocycles. The molecule has 2 saturated heterocycles.